The Morgan fingerprint density at radius 3 is 2.33 bits per heavy atom. The van der Waals surface area contributed by atoms with Crippen molar-refractivity contribution in [3.05, 3.63) is 93.6 Å². The van der Waals surface area contributed by atoms with E-state index in [0.717, 1.165) is 69.5 Å². The van der Waals surface area contributed by atoms with Crippen LogP contribution in [-0.2, 0) is 13.0 Å². The van der Waals surface area contributed by atoms with Gasteiger partial charge in [0.15, 0.2) is 0 Å². The van der Waals surface area contributed by atoms with Crippen molar-refractivity contribution in [2.24, 2.45) is 0 Å². The molecule has 0 spiro atoms. The predicted octanol–water partition coefficient (Wildman–Crippen LogP) is 5.78. The molecule has 0 saturated carbocycles. The van der Waals surface area contributed by atoms with Crippen LogP contribution in [0.15, 0.2) is 66.9 Å². The van der Waals surface area contributed by atoms with Crippen LogP contribution >= 0.6 is 23.2 Å². The first-order valence-electron chi connectivity index (χ1n) is 14.0. The topological polar surface area (TPSA) is 51.7 Å². The molecule has 2 saturated heterocycles. The average molecular weight is 569 g/mol. The fraction of sp³-hybridized carbons (Fsp3) is 0.419. The summed E-state index contributed by atoms with van der Waals surface area (Å²) < 4.78 is 0. The quantitative estimate of drug-likeness (QED) is 0.332. The van der Waals surface area contributed by atoms with Crippen LogP contribution < -0.4 is 10.2 Å². The lowest BCUT2D eigenvalue weighted by atomic mass is 10.0. The second-order valence-corrected chi connectivity index (χ2v) is 11.4. The lowest BCUT2D eigenvalue weighted by Gasteiger charge is -2.43. The highest BCUT2D eigenvalue weighted by molar-refractivity contribution is 6.33. The lowest BCUT2D eigenvalue weighted by molar-refractivity contribution is 0.0952. The Kier molecular flexibility index (Phi) is 9.75. The maximum Gasteiger partial charge on any atom is 0.252 e. The number of piperidine rings is 1. The second-order valence-electron chi connectivity index (χ2n) is 10.5. The molecule has 3 aromatic rings. The van der Waals surface area contributed by atoms with Crippen LogP contribution in [0.2, 0.25) is 10.0 Å². The predicted molar refractivity (Wildman–Crippen MR) is 162 cm³/mol. The number of halogens is 2. The Morgan fingerprint density at radius 1 is 0.923 bits per heavy atom. The van der Waals surface area contributed by atoms with Gasteiger partial charge in [-0.25, -0.2) is 4.98 Å². The van der Waals surface area contributed by atoms with Crippen LogP contribution in [-0.4, -0.2) is 72.5 Å². The third-order valence-electron chi connectivity index (χ3n) is 7.86. The second kappa shape index (κ2) is 13.6. The molecule has 8 heteroatoms. The first-order chi connectivity index (χ1) is 19.0. The Morgan fingerprint density at radius 2 is 1.64 bits per heavy atom. The Balaban J connectivity index is 0.00000370. The Bertz CT molecular complexity index is 1210. The maximum absolute atomic E-state index is 12.6. The number of nitrogens with one attached hydrogen (secondary N) is 1. The summed E-state index contributed by atoms with van der Waals surface area (Å²) in [7, 11) is 0. The number of nitrogens with zero attached hydrogens (tertiary/aromatic N) is 4. The normalized spacial score (nSPS) is 17.3. The molecule has 0 bridgehead atoms. The molecule has 5 rings (SSSR count). The van der Waals surface area contributed by atoms with Gasteiger partial charge in [-0.3, -0.25) is 14.6 Å². The van der Waals surface area contributed by atoms with Gasteiger partial charge in [0.05, 0.1) is 10.6 Å². The summed E-state index contributed by atoms with van der Waals surface area (Å²) in [4.78, 5) is 24.6. The number of piperazine rings is 1. The number of hydrogen-bond acceptors (Lipinski definition) is 5. The van der Waals surface area contributed by atoms with Crippen molar-refractivity contribution in [1.82, 2.24) is 20.1 Å². The van der Waals surface area contributed by atoms with Crippen molar-refractivity contribution in [1.29, 1.82) is 0 Å². The number of rotatable bonds is 9. The van der Waals surface area contributed by atoms with E-state index in [1.54, 1.807) is 12.3 Å². The summed E-state index contributed by atoms with van der Waals surface area (Å²) in [6.45, 7) is 7.64. The van der Waals surface area contributed by atoms with Crippen LogP contribution in [0.4, 0.5) is 5.82 Å². The number of hydrogen-bond donors (Lipinski definition) is 1. The number of anilines is 1. The zero-order chi connectivity index (χ0) is 27.0. The van der Waals surface area contributed by atoms with E-state index in [1.165, 1.54) is 24.0 Å². The number of likely N-dealkylation sites (tertiary alicyclic amines) is 1. The van der Waals surface area contributed by atoms with Crippen LogP contribution in [0.5, 0.6) is 0 Å². The van der Waals surface area contributed by atoms with Crippen LogP contribution in [0.25, 0.3) is 0 Å². The van der Waals surface area contributed by atoms with E-state index in [4.69, 9.17) is 23.2 Å². The summed E-state index contributed by atoms with van der Waals surface area (Å²) in [5.41, 5.74) is 3.11. The minimum Gasteiger partial charge on any atom is -0.353 e. The number of benzene rings is 2. The van der Waals surface area contributed by atoms with Crippen molar-refractivity contribution < 1.29 is 6.22 Å². The van der Waals surface area contributed by atoms with Gasteiger partial charge in [-0.15, -0.1) is 0 Å². The molecule has 1 aromatic heterocycles. The third-order valence-corrected chi connectivity index (χ3v) is 8.39. The van der Waals surface area contributed by atoms with E-state index in [0.29, 0.717) is 23.2 Å². The molecule has 0 atom stereocenters. The molecular formula is C31H39Cl2N5O. The minimum atomic E-state index is -0.128. The average Bonchev–Trinajstić information content (AvgIpc) is 2.97. The van der Waals surface area contributed by atoms with E-state index in [1.807, 2.05) is 30.3 Å². The summed E-state index contributed by atoms with van der Waals surface area (Å²) in [5, 5.41) is 4.32. The molecule has 6 nitrogen and oxygen atoms in total. The molecule has 1 N–H and O–H groups in total. The van der Waals surface area contributed by atoms with Gasteiger partial charge in [-0.2, -0.15) is 0 Å². The smallest absolute Gasteiger partial charge is 0.252 e. The zero-order valence-corrected chi connectivity index (χ0v) is 23.9. The Hall–Kier alpha value is -2.64. The molecule has 2 aromatic carbocycles. The fourth-order valence-electron chi connectivity index (χ4n) is 5.62. The van der Waals surface area contributed by atoms with E-state index < -0.39 is 0 Å². The molecule has 0 unspecified atom stereocenters. The van der Waals surface area contributed by atoms with Crippen molar-refractivity contribution >= 4 is 34.9 Å². The molecular weight excluding hydrogens is 529 g/mol. The maximum atomic E-state index is 12.6. The highest BCUT2D eigenvalue weighted by atomic mass is 35.5. The molecule has 0 aliphatic carbocycles. The number of carbonyl (C=O) groups excluding carboxylic acids is 1. The molecule has 2 fully saturated rings. The van der Waals surface area contributed by atoms with Gasteiger partial charge in [-0.1, -0.05) is 65.7 Å². The van der Waals surface area contributed by atoms with Crippen molar-refractivity contribution in [3.8, 4) is 0 Å². The van der Waals surface area contributed by atoms with Gasteiger partial charge in [0.2, 0.25) is 0 Å². The molecule has 2 aliphatic heterocycles. The molecule has 208 valence electrons. The summed E-state index contributed by atoms with van der Waals surface area (Å²) in [5.74, 6) is 0.644. The number of aryl methyl sites for hydroxylation is 1. The summed E-state index contributed by atoms with van der Waals surface area (Å²) in [6, 6.07) is 20.9. The number of carbonyl (C=O) groups is 1. The highest BCUT2D eigenvalue weighted by Crippen LogP contribution is 2.27. The molecule has 2 aliphatic rings. The minimum absolute atomic E-state index is 0. The van der Waals surface area contributed by atoms with Crippen LogP contribution in [0.1, 0.15) is 42.2 Å². The van der Waals surface area contributed by atoms with Crippen LogP contribution in [0, 0.1) is 0 Å². The van der Waals surface area contributed by atoms with Gasteiger partial charge < -0.3 is 10.2 Å². The van der Waals surface area contributed by atoms with E-state index in [-0.39, 0.29) is 7.33 Å². The van der Waals surface area contributed by atoms with Gasteiger partial charge in [0.1, 0.15) is 5.82 Å². The first-order valence-corrected chi connectivity index (χ1v) is 14.7. The van der Waals surface area contributed by atoms with Crippen molar-refractivity contribution in [2.75, 3.05) is 50.7 Å². The number of pyridine rings is 1. The highest BCUT2D eigenvalue weighted by Gasteiger charge is 2.28. The molecule has 0 radical (unpaired) electrons. The van der Waals surface area contributed by atoms with Gasteiger partial charge in [-0.05, 0) is 68.1 Å². The van der Waals surface area contributed by atoms with Crippen molar-refractivity contribution in [2.45, 2.75) is 38.3 Å². The third kappa shape index (κ3) is 7.73. The molecule has 1 amide bonds. The summed E-state index contributed by atoms with van der Waals surface area (Å²) in [6.07, 6.45) is 5.87. The largest absolute Gasteiger partial charge is 0.353 e. The zero-order valence-electron chi connectivity index (χ0n) is 22.4. The molecule has 3 heterocycles. The number of amides is 1. The van der Waals surface area contributed by atoms with Crippen molar-refractivity contribution in [3.63, 3.8) is 0 Å². The number of aromatic nitrogens is 1. The van der Waals surface area contributed by atoms with E-state index >= 15 is 0 Å². The van der Waals surface area contributed by atoms with E-state index in [2.05, 4.69) is 49.3 Å². The van der Waals surface area contributed by atoms with E-state index in [9.17, 15) is 4.79 Å². The monoisotopic (exact) mass is 567 g/mol. The standard InChI is InChI=1S/C31H37Cl2N5O.H2/c32-27-10-8-25(9-11-27)23-36-15-12-28(13-16-36)37-17-19-38(20-18-37)30-29(33)21-26(22-35-30)31(39)34-14-4-7-24-5-2-1-3-6-24;/h1-3,5-6,8-11,21-22,28H,4,7,12-20,23H2,(H,34,39);1H. The first kappa shape index (κ1) is 27.9. The lowest BCUT2D eigenvalue weighted by Crippen LogP contribution is -2.53. The van der Waals surface area contributed by atoms with Gasteiger partial charge >= 0.3 is 0 Å². The van der Waals surface area contributed by atoms with Crippen LogP contribution in [0.3, 0.4) is 0 Å². The van der Waals surface area contributed by atoms with Gasteiger partial charge in [0.25, 0.3) is 5.91 Å². The molecule has 39 heavy (non-hydrogen) atoms. The fourth-order valence-corrected chi connectivity index (χ4v) is 6.03. The summed E-state index contributed by atoms with van der Waals surface area (Å²) >= 11 is 12.6. The van der Waals surface area contributed by atoms with Gasteiger partial charge in [0, 0.05) is 58.0 Å². The SMILES string of the molecule is O=C(NCCCc1ccccc1)c1cnc(N2CCN(C3CCN(Cc4ccc(Cl)cc4)CC3)CC2)c(Cl)c1.[HH]. The Labute approximate surface area is 243 Å².